The summed E-state index contributed by atoms with van der Waals surface area (Å²) in [6.07, 6.45) is -2.11. The van der Waals surface area contributed by atoms with Crippen LogP contribution in [0.3, 0.4) is 0 Å². The Kier molecular flexibility index (Phi) is 8.43. The van der Waals surface area contributed by atoms with E-state index in [1.807, 2.05) is 30.3 Å². The van der Waals surface area contributed by atoms with Crippen LogP contribution < -0.4 is 0 Å². The quantitative estimate of drug-likeness (QED) is 0.186. The number of benzene rings is 3. The summed E-state index contributed by atoms with van der Waals surface area (Å²) in [5, 5.41) is 9.67. The minimum absolute atomic E-state index is 0.101. The molecule has 0 spiro atoms. The third kappa shape index (κ3) is 6.72. The molecular formula is C30H21F3N4O4S. The minimum Gasteiger partial charge on any atom is -0.481 e. The number of aromatic nitrogens is 3. The van der Waals surface area contributed by atoms with Crippen LogP contribution in [0.1, 0.15) is 21.6 Å². The number of aliphatic imine (C=N–C) groups is 1. The van der Waals surface area contributed by atoms with Gasteiger partial charge in [0.05, 0.1) is 22.8 Å². The molecule has 5 rings (SSSR count). The molecule has 1 unspecified atom stereocenters. The van der Waals surface area contributed by atoms with Gasteiger partial charge in [-0.1, -0.05) is 42.5 Å². The van der Waals surface area contributed by atoms with Gasteiger partial charge in [-0.2, -0.15) is 24.9 Å². The second-order valence-corrected chi connectivity index (χ2v) is 10.1. The Morgan fingerprint density at radius 3 is 2.33 bits per heavy atom. The first kappa shape index (κ1) is 28.7. The molecule has 2 heterocycles. The normalized spacial score (nSPS) is 12.5. The van der Waals surface area contributed by atoms with Crippen LogP contribution in [-0.2, 0) is 16.7 Å². The lowest BCUT2D eigenvalue weighted by molar-refractivity contribution is -0.139. The average molecular weight is 591 g/mol. The maximum Gasteiger partial charge on any atom is 0.416 e. The van der Waals surface area contributed by atoms with E-state index in [-0.39, 0.29) is 34.4 Å². The van der Waals surface area contributed by atoms with Gasteiger partial charge in [0.25, 0.3) is 5.91 Å². The zero-order valence-corrected chi connectivity index (χ0v) is 22.5. The van der Waals surface area contributed by atoms with Gasteiger partial charge in [0, 0.05) is 23.3 Å². The number of nitrogens with zero attached hydrogens (tertiary/aromatic N) is 4. The summed E-state index contributed by atoms with van der Waals surface area (Å²) in [4.78, 5) is 42.0. The highest BCUT2D eigenvalue weighted by Gasteiger charge is 2.30. The van der Waals surface area contributed by atoms with Gasteiger partial charge in [-0.15, -0.1) is 0 Å². The zero-order chi connectivity index (χ0) is 29.7. The molecule has 0 aliphatic heterocycles. The van der Waals surface area contributed by atoms with E-state index in [9.17, 15) is 27.9 Å². The molecule has 1 amide bonds. The van der Waals surface area contributed by atoms with E-state index in [4.69, 9.17) is 4.42 Å². The maximum atomic E-state index is 13.2. The Labute approximate surface area is 241 Å². The first-order valence-electron chi connectivity index (χ1n) is 12.5. The highest BCUT2D eigenvalue weighted by molar-refractivity contribution is 7.98. The van der Waals surface area contributed by atoms with E-state index in [2.05, 4.69) is 19.9 Å². The molecule has 8 nitrogen and oxygen atoms in total. The molecular weight excluding hydrogens is 569 g/mol. The number of thioether (sulfide) groups is 1. The highest BCUT2D eigenvalue weighted by atomic mass is 32.2. The third-order valence-corrected chi connectivity index (χ3v) is 7.20. The number of oxazole rings is 1. The van der Waals surface area contributed by atoms with Crippen LogP contribution in [0.5, 0.6) is 0 Å². The van der Waals surface area contributed by atoms with Crippen LogP contribution in [0.15, 0.2) is 94.5 Å². The molecule has 0 aliphatic rings. The number of carbonyl (C=O) groups is 2. The smallest absolute Gasteiger partial charge is 0.416 e. The van der Waals surface area contributed by atoms with Crippen molar-refractivity contribution in [1.82, 2.24) is 15.0 Å². The molecule has 0 bridgehead atoms. The van der Waals surface area contributed by atoms with Gasteiger partial charge in [0.1, 0.15) is 11.6 Å². The fourth-order valence-corrected chi connectivity index (χ4v) is 4.93. The first-order chi connectivity index (χ1) is 20.2. The van der Waals surface area contributed by atoms with Gasteiger partial charge in [-0.3, -0.25) is 14.6 Å². The number of fused-ring (bicyclic) bond motifs is 1. The van der Waals surface area contributed by atoms with Crippen molar-refractivity contribution in [3.05, 3.63) is 102 Å². The van der Waals surface area contributed by atoms with Gasteiger partial charge < -0.3 is 9.52 Å². The maximum absolute atomic E-state index is 13.2. The molecule has 1 N–H and O–H groups in total. The summed E-state index contributed by atoms with van der Waals surface area (Å²) in [6, 6.07) is 20.6. The van der Waals surface area contributed by atoms with Gasteiger partial charge in [-0.05, 0) is 42.0 Å². The number of hydrogen-bond acceptors (Lipinski definition) is 7. The Balaban J connectivity index is 1.45. The molecule has 0 aliphatic carbocycles. The van der Waals surface area contributed by atoms with Crippen molar-refractivity contribution < 1.29 is 32.3 Å². The second-order valence-electron chi connectivity index (χ2n) is 9.04. The van der Waals surface area contributed by atoms with E-state index in [1.54, 1.807) is 24.3 Å². The van der Waals surface area contributed by atoms with Crippen LogP contribution in [0.4, 0.5) is 13.2 Å². The lowest BCUT2D eigenvalue weighted by Crippen LogP contribution is -2.18. The minimum atomic E-state index is -4.53. The van der Waals surface area contributed by atoms with Gasteiger partial charge in [0.15, 0.2) is 11.5 Å². The standard InChI is InChI=1S/C30H21F3N4O4S/c31-30(32,33)21-12-10-19(11-13-21)28-37-25(26(41-28)24-15-34-22-8-4-5-9-23(22)36-24)27(38)35-14-20(29(39)40)17-42-16-18-6-2-1-3-7-18/h1-15,20H,16-17H2,(H,39,40). The van der Waals surface area contributed by atoms with E-state index >= 15 is 0 Å². The summed E-state index contributed by atoms with van der Waals surface area (Å²) in [5.41, 5.74) is 1.31. The summed E-state index contributed by atoms with van der Waals surface area (Å²) in [7, 11) is 0. The topological polar surface area (TPSA) is 119 Å². The number of aliphatic carboxylic acids is 1. The predicted octanol–water partition coefficient (Wildman–Crippen LogP) is 6.82. The Bertz CT molecular complexity index is 1760. The zero-order valence-electron chi connectivity index (χ0n) is 21.7. The van der Waals surface area contributed by atoms with Gasteiger partial charge in [-0.25, -0.2) is 15.0 Å². The first-order valence-corrected chi connectivity index (χ1v) is 13.7. The molecule has 2 aromatic heterocycles. The van der Waals surface area contributed by atoms with Crippen molar-refractivity contribution in [2.75, 3.05) is 5.75 Å². The number of amides is 1. The Morgan fingerprint density at radius 1 is 0.952 bits per heavy atom. The molecule has 0 radical (unpaired) electrons. The Morgan fingerprint density at radius 2 is 1.64 bits per heavy atom. The van der Waals surface area contributed by atoms with Gasteiger partial charge in [0.2, 0.25) is 5.89 Å². The number of carbonyl (C=O) groups excluding carboxylic acids is 1. The second kappa shape index (κ2) is 12.4. The predicted molar refractivity (Wildman–Crippen MR) is 152 cm³/mol. The highest BCUT2D eigenvalue weighted by Crippen LogP contribution is 2.33. The summed E-state index contributed by atoms with van der Waals surface area (Å²) < 4.78 is 45.0. The fourth-order valence-electron chi connectivity index (χ4n) is 3.91. The van der Waals surface area contributed by atoms with Crippen molar-refractivity contribution >= 4 is 40.9 Å². The van der Waals surface area contributed by atoms with Crippen LogP contribution in [0.25, 0.3) is 33.9 Å². The lowest BCUT2D eigenvalue weighted by atomic mass is 10.1. The number of alkyl halides is 3. The number of halogens is 3. The van der Waals surface area contributed by atoms with Crippen molar-refractivity contribution in [3.63, 3.8) is 0 Å². The molecule has 5 aromatic rings. The van der Waals surface area contributed by atoms with Crippen LogP contribution in [0, 0.1) is 5.92 Å². The number of carboxylic acid groups (broad SMARTS) is 1. The molecule has 0 saturated carbocycles. The van der Waals surface area contributed by atoms with E-state index in [1.165, 1.54) is 30.1 Å². The fraction of sp³-hybridized carbons (Fsp3) is 0.133. The molecule has 1 atom stereocenters. The lowest BCUT2D eigenvalue weighted by Gasteiger charge is -2.06. The molecule has 3 aromatic carbocycles. The monoisotopic (exact) mass is 590 g/mol. The number of para-hydroxylation sites is 2. The average Bonchev–Trinajstić information content (AvgIpc) is 3.44. The summed E-state index contributed by atoms with van der Waals surface area (Å²) >= 11 is 1.38. The van der Waals surface area contributed by atoms with Crippen molar-refractivity contribution in [3.8, 4) is 22.9 Å². The molecule has 212 valence electrons. The van der Waals surface area contributed by atoms with Crippen LogP contribution in [-0.4, -0.2) is 43.9 Å². The van der Waals surface area contributed by atoms with Gasteiger partial charge >= 0.3 is 12.1 Å². The summed E-state index contributed by atoms with van der Waals surface area (Å²) in [6.45, 7) is 0. The van der Waals surface area contributed by atoms with Crippen molar-refractivity contribution in [1.29, 1.82) is 0 Å². The third-order valence-electron chi connectivity index (χ3n) is 6.07. The van der Waals surface area contributed by atoms with Crippen LogP contribution >= 0.6 is 11.8 Å². The van der Waals surface area contributed by atoms with Crippen molar-refractivity contribution in [2.24, 2.45) is 10.9 Å². The van der Waals surface area contributed by atoms with E-state index in [0.29, 0.717) is 16.8 Å². The van der Waals surface area contributed by atoms with E-state index in [0.717, 1.165) is 23.9 Å². The largest absolute Gasteiger partial charge is 0.481 e. The Hall–Kier alpha value is -4.84. The molecule has 12 heteroatoms. The molecule has 0 fully saturated rings. The molecule has 42 heavy (non-hydrogen) atoms. The molecule has 0 saturated heterocycles. The van der Waals surface area contributed by atoms with Crippen molar-refractivity contribution in [2.45, 2.75) is 11.9 Å². The SMILES string of the molecule is O=C(N=CC(CSCc1ccccc1)C(=O)O)c1nc(-c2ccc(C(F)(F)F)cc2)oc1-c1cnc2ccccc2n1. The van der Waals surface area contributed by atoms with E-state index < -0.39 is 29.5 Å². The number of rotatable bonds is 9. The number of carboxylic acids is 1. The van der Waals surface area contributed by atoms with Crippen LogP contribution in [0.2, 0.25) is 0 Å². The number of hydrogen-bond donors (Lipinski definition) is 1. The summed E-state index contributed by atoms with van der Waals surface area (Å²) in [5.74, 6) is -2.61.